The Morgan fingerprint density at radius 2 is 1.79 bits per heavy atom. The highest BCUT2D eigenvalue weighted by atomic mass is 16.6. The van der Waals surface area contributed by atoms with Crippen LogP contribution in [-0.2, 0) is 35.2 Å². The zero-order chi connectivity index (χ0) is 34.1. The molecule has 0 radical (unpaired) electrons. The minimum absolute atomic E-state index is 0.0447. The van der Waals surface area contributed by atoms with E-state index in [1.807, 2.05) is 60.7 Å². The van der Waals surface area contributed by atoms with Crippen molar-refractivity contribution >= 4 is 23.7 Å². The molecule has 1 spiro atoms. The van der Waals surface area contributed by atoms with Crippen LogP contribution in [0.15, 0.2) is 86.0 Å². The number of allylic oxidation sites excluding steroid dienone is 1. The first-order valence-corrected chi connectivity index (χ1v) is 17.0. The normalized spacial score (nSPS) is 24.5. The summed E-state index contributed by atoms with van der Waals surface area (Å²) in [6.45, 7) is 8.58. The van der Waals surface area contributed by atoms with Gasteiger partial charge in [0.15, 0.2) is 0 Å². The number of nitrogens with one attached hydrogen (secondary N) is 1. The van der Waals surface area contributed by atoms with Crippen LogP contribution in [0.25, 0.3) is 0 Å². The van der Waals surface area contributed by atoms with Gasteiger partial charge in [0.25, 0.3) is 0 Å². The number of likely N-dealkylation sites (tertiary alicyclic amines) is 1. The fourth-order valence-electron chi connectivity index (χ4n) is 7.52. The molecule has 256 valence electrons. The smallest absolute Gasteiger partial charge is 0.313 e. The maximum Gasteiger partial charge on any atom is 0.313 e. The van der Waals surface area contributed by atoms with Crippen molar-refractivity contribution in [2.75, 3.05) is 26.2 Å². The number of hydrogen-bond acceptors (Lipinski definition) is 7. The van der Waals surface area contributed by atoms with Crippen molar-refractivity contribution in [2.24, 2.45) is 11.8 Å². The van der Waals surface area contributed by atoms with Gasteiger partial charge in [-0.25, -0.2) is 0 Å². The fourth-order valence-corrected chi connectivity index (χ4v) is 7.52. The predicted molar refractivity (Wildman–Crippen MR) is 180 cm³/mol. The third-order valence-electron chi connectivity index (χ3n) is 9.73. The highest BCUT2D eigenvalue weighted by Crippen LogP contribution is 2.59. The standard InChI is InChI=1S/C38H47N3O7/c1-3-5-19-31(43)39-25-30(28-17-11-7-12-18-28)47-37(46)32-29-20-21-38(48-29)33(32)35(44)41(23-13-8-14-24-42)34(38)36(45)40(22-4-2)26-27-15-9-6-10-16-27/h3-4,6-7,9-12,15-18,29-30,32-34,42H,1-2,5,8,13-14,19-26H2,(H,39,43)/t29-,30+,32+,33+,34-,38+/m0/s1. The molecule has 3 saturated heterocycles. The molecular weight excluding hydrogens is 610 g/mol. The van der Waals surface area contributed by atoms with Gasteiger partial charge in [-0.3, -0.25) is 19.2 Å². The zero-order valence-corrected chi connectivity index (χ0v) is 27.5. The number of carbonyl (C=O) groups excluding carboxylic acids is 4. The van der Waals surface area contributed by atoms with Gasteiger partial charge in [0.2, 0.25) is 17.7 Å². The number of aliphatic hydroxyl groups excluding tert-OH is 1. The number of hydrogen-bond donors (Lipinski definition) is 2. The van der Waals surface area contributed by atoms with E-state index in [9.17, 15) is 24.3 Å². The molecule has 10 heteroatoms. The van der Waals surface area contributed by atoms with E-state index in [0.717, 1.165) is 5.56 Å². The predicted octanol–water partition coefficient (Wildman–Crippen LogP) is 4.11. The Balaban J connectivity index is 1.42. The second-order valence-corrected chi connectivity index (χ2v) is 12.8. The molecule has 2 aromatic rings. The van der Waals surface area contributed by atoms with Crippen LogP contribution >= 0.6 is 0 Å². The Bertz CT molecular complexity index is 1450. The molecule has 48 heavy (non-hydrogen) atoms. The second-order valence-electron chi connectivity index (χ2n) is 12.8. The molecule has 0 unspecified atom stereocenters. The van der Waals surface area contributed by atoms with E-state index < -0.39 is 41.7 Å². The number of fused-ring (bicyclic) bond motifs is 1. The average molecular weight is 658 g/mol. The molecule has 5 rings (SSSR count). The number of carbonyl (C=O) groups is 4. The van der Waals surface area contributed by atoms with Gasteiger partial charge in [-0.2, -0.15) is 0 Å². The van der Waals surface area contributed by atoms with Gasteiger partial charge in [-0.1, -0.05) is 72.8 Å². The van der Waals surface area contributed by atoms with E-state index in [4.69, 9.17) is 9.47 Å². The molecule has 3 heterocycles. The van der Waals surface area contributed by atoms with Crippen molar-refractivity contribution in [3.63, 3.8) is 0 Å². The maximum absolute atomic E-state index is 14.6. The van der Waals surface area contributed by atoms with Gasteiger partial charge in [0.05, 0.1) is 24.5 Å². The second kappa shape index (κ2) is 16.2. The van der Waals surface area contributed by atoms with Crippen LogP contribution in [0.1, 0.15) is 62.2 Å². The lowest BCUT2D eigenvalue weighted by atomic mass is 9.70. The molecule has 0 saturated carbocycles. The number of unbranched alkanes of at least 4 members (excludes halogenated alkanes) is 2. The summed E-state index contributed by atoms with van der Waals surface area (Å²) in [5, 5.41) is 12.2. The van der Waals surface area contributed by atoms with Crippen molar-refractivity contribution in [2.45, 2.75) is 75.3 Å². The summed E-state index contributed by atoms with van der Waals surface area (Å²) >= 11 is 0. The molecule has 2 bridgehead atoms. The van der Waals surface area contributed by atoms with E-state index in [1.165, 1.54) is 0 Å². The van der Waals surface area contributed by atoms with Crippen molar-refractivity contribution in [3.05, 3.63) is 97.1 Å². The summed E-state index contributed by atoms with van der Waals surface area (Å²) in [5.41, 5.74) is 0.490. The largest absolute Gasteiger partial charge is 0.455 e. The molecule has 2 N–H and O–H groups in total. The monoisotopic (exact) mass is 657 g/mol. The minimum Gasteiger partial charge on any atom is -0.455 e. The van der Waals surface area contributed by atoms with E-state index in [0.29, 0.717) is 57.2 Å². The lowest BCUT2D eigenvalue weighted by Crippen LogP contribution is -2.56. The third-order valence-corrected chi connectivity index (χ3v) is 9.73. The highest BCUT2D eigenvalue weighted by Gasteiger charge is 2.75. The van der Waals surface area contributed by atoms with Crippen molar-refractivity contribution < 1.29 is 33.8 Å². The molecule has 3 aliphatic heterocycles. The molecule has 3 aliphatic rings. The molecular formula is C38H47N3O7. The van der Waals surface area contributed by atoms with Gasteiger partial charge in [0, 0.05) is 32.7 Å². The van der Waals surface area contributed by atoms with Crippen LogP contribution in [0, 0.1) is 11.8 Å². The fraction of sp³-hybridized carbons (Fsp3) is 0.474. The van der Waals surface area contributed by atoms with Crippen LogP contribution in [-0.4, -0.2) is 82.6 Å². The number of benzene rings is 2. The number of ether oxygens (including phenoxy) is 2. The van der Waals surface area contributed by atoms with Gasteiger partial charge >= 0.3 is 5.97 Å². The Morgan fingerprint density at radius 1 is 1.06 bits per heavy atom. The van der Waals surface area contributed by atoms with Crippen LogP contribution in [0.4, 0.5) is 0 Å². The van der Waals surface area contributed by atoms with Crippen molar-refractivity contribution in [1.82, 2.24) is 15.1 Å². The van der Waals surface area contributed by atoms with Gasteiger partial charge in [-0.05, 0) is 49.7 Å². The summed E-state index contributed by atoms with van der Waals surface area (Å²) in [6, 6.07) is 17.9. The summed E-state index contributed by atoms with van der Waals surface area (Å²) < 4.78 is 12.8. The Hall–Kier alpha value is -4.28. The number of nitrogens with zero attached hydrogens (tertiary/aromatic N) is 2. The summed E-state index contributed by atoms with van der Waals surface area (Å²) in [7, 11) is 0. The van der Waals surface area contributed by atoms with Crippen LogP contribution in [0.5, 0.6) is 0 Å². The number of aliphatic hydroxyl groups is 1. The Morgan fingerprint density at radius 3 is 2.48 bits per heavy atom. The third kappa shape index (κ3) is 7.39. The van der Waals surface area contributed by atoms with Crippen LogP contribution in [0.2, 0.25) is 0 Å². The molecule has 3 amide bonds. The molecule has 6 atom stereocenters. The molecule has 3 fully saturated rings. The number of rotatable bonds is 18. The van der Waals surface area contributed by atoms with E-state index in [-0.39, 0.29) is 43.8 Å². The topological polar surface area (TPSA) is 125 Å². The maximum atomic E-state index is 14.6. The number of amides is 3. The molecule has 0 aromatic heterocycles. The lowest BCUT2D eigenvalue weighted by molar-refractivity contribution is -0.160. The average Bonchev–Trinajstić information content (AvgIpc) is 3.75. The Kier molecular flexibility index (Phi) is 11.8. The summed E-state index contributed by atoms with van der Waals surface area (Å²) in [5.74, 6) is -3.05. The first kappa shape index (κ1) is 35.0. The quantitative estimate of drug-likeness (QED) is 0.141. The Labute approximate surface area is 282 Å². The van der Waals surface area contributed by atoms with Crippen LogP contribution in [0.3, 0.4) is 0 Å². The van der Waals surface area contributed by atoms with Gasteiger partial charge in [-0.15, -0.1) is 13.2 Å². The molecule has 0 aliphatic carbocycles. The van der Waals surface area contributed by atoms with Crippen molar-refractivity contribution in [3.8, 4) is 0 Å². The minimum atomic E-state index is -1.17. The number of esters is 1. The van der Waals surface area contributed by atoms with E-state index in [1.54, 1.807) is 22.0 Å². The zero-order valence-electron chi connectivity index (χ0n) is 27.5. The molecule has 2 aromatic carbocycles. The molecule has 10 nitrogen and oxygen atoms in total. The first-order chi connectivity index (χ1) is 23.3. The summed E-state index contributed by atoms with van der Waals surface area (Å²) in [4.78, 5) is 58.9. The van der Waals surface area contributed by atoms with Gasteiger partial charge < -0.3 is 29.7 Å². The lowest BCUT2D eigenvalue weighted by Gasteiger charge is -2.37. The van der Waals surface area contributed by atoms with E-state index >= 15 is 0 Å². The SMILES string of the molecule is C=CCCC(=O)NC[C@@H](OC(=O)[C@@H]1[C@@H]2CC[C@]3(O2)[C@H](C(=O)N(CC=C)Cc2ccccc2)N(CCCCCO)C(=O)[C@@H]13)c1ccccc1. The van der Waals surface area contributed by atoms with Crippen molar-refractivity contribution in [1.29, 1.82) is 0 Å². The summed E-state index contributed by atoms with van der Waals surface area (Å²) in [6.07, 6.45) is 5.65. The van der Waals surface area contributed by atoms with E-state index in [2.05, 4.69) is 18.5 Å². The van der Waals surface area contributed by atoms with Crippen LogP contribution < -0.4 is 5.32 Å². The highest BCUT2D eigenvalue weighted by molar-refractivity contribution is 5.98. The first-order valence-electron chi connectivity index (χ1n) is 17.0. The van der Waals surface area contributed by atoms with Gasteiger partial charge in [0.1, 0.15) is 17.7 Å².